The van der Waals surface area contributed by atoms with E-state index in [1.165, 1.54) is 12.0 Å². The molecule has 1 amide bonds. The predicted octanol–water partition coefficient (Wildman–Crippen LogP) is 1.97. The molecule has 1 fully saturated rings. The minimum Gasteiger partial charge on any atom is -0.384 e. The number of aryl methyl sites for hydroxylation is 1. The molecule has 2 rings (SSSR count). The summed E-state index contributed by atoms with van der Waals surface area (Å²) in [6.07, 6.45) is 2.36. The summed E-state index contributed by atoms with van der Waals surface area (Å²) in [6, 6.07) is 8.26. The van der Waals surface area contributed by atoms with E-state index in [0.717, 1.165) is 31.7 Å². The van der Waals surface area contributed by atoms with Crippen LogP contribution in [0, 0.1) is 12.8 Å². The first-order chi connectivity index (χ1) is 10.2. The molecule has 1 saturated heterocycles. The van der Waals surface area contributed by atoms with Crippen LogP contribution < -0.4 is 5.32 Å². The second kappa shape index (κ2) is 8.15. The lowest BCUT2D eigenvalue weighted by molar-refractivity contribution is -0.122. The van der Waals surface area contributed by atoms with Gasteiger partial charge >= 0.3 is 0 Å². The summed E-state index contributed by atoms with van der Waals surface area (Å²) in [5.41, 5.74) is 2.38. The highest BCUT2D eigenvalue weighted by Gasteiger charge is 2.21. The number of carbonyl (C=O) groups is 1. The van der Waals surface area contributed by atoms with Crippen molar-refractivity contribution in [1.29, 1.82) is 0 Å². The van der Waals surface area contributed by atoms with Gasteiger partial charge in [-0.1, -0.05) is 29.8 Å². The van der Waals surface area contributed by atoms with Crippen LogP contribution in [0.1, 0.15) is 24.0 Å². The van der Waals surface area contributed by atoms with E-state index in [9.17, 15) is 4.79 Å². The quantitative estimate of drug-likeness (QED) is 0.871. The average Bonchev–Trinajstić information content (AvgIpc) is 2.47. The molecular formula is C17H26N2O2. The molecule has 0 radical (unpaired) electrons. The van der Waals surface area contributed by atoms with E-state index >= 15 is 0 Å². The van der Waals surface area contributed by atoms with Gasteiger partial charge < -0.3 is 10.1 Å². The summed E-state index contributed by atoms with van der Waals surface area (Å²) < 4.78 is 5.22. The van der Waals surface area contributed by atoms with Crippen molar-refractivity contribution >= 4 is 5.91 Å². The zero-order valence-corrected chi connectivity index (χ0v) is 13.1. The normalized spacial score (nSPS) is 19.4. The zero-order chi connectivity index (χ0) is 15.1. The molecule has 0 saturated carbocycles. The lowest BCUT2D eigenvalue weighted by Gasteiger charge is -2.31. The smallest absolute Gasteiger partial charge is 0.234 e. The van der Waals surface area contributed by atoms with Crippen molar-refractivity contribution in [3.63, 3.8) is 0 Å². The molecule has 0 bridgehead atoms. The Bertz CT molecular complexity index is 443. The van der Waals surface area contributed by atoms with Crippen LogP contribution in [0.5, 0.6) is 0 Å². The standard InChI is InChI=1S/C17H26N2O2/c1-14-5-7-15(8-6-14)10-18-17(20)12-19-9-3-4-16(11-19)13-21-2/h5-8,16H,3-4,9-13H2,1-2H3,(H,18,20). The van der Waals surface area contributed by atoms with Crippen LogP contribution in [0.25, 0.3) is 0 Å². The molecule has 1 N–H and O–H groups in total. The van der Waals surface area contributed by atoms with Gasteiger partial charge in [0, 0.05) is 20.2 Å². The van der Waals surface area contributed by atoms with E-state index in [1.807, 2.05) is 0 Å². The number of amides is 1. The van der Waals surface area contributed by atoms with Gasteiger partial charge in [-0.05, 0) is 37.8 Å². The fourth-order valence-electron chi connectivity index (χ4n) is 2.83. The van der Waals surface area contributed by atoms with Crippen molar-refractivity contribution in [1.82, 2.24) is 10.2 Å². The molecule has 1 heterocycles. The molecule has 1 atom stereocenters. The van der Waals surface area contributed by atoms with Crippen molar-refractivity contribution in [2.45, 2.75) is 26.3 Å². The van der Waals surface area contributed by atoms with E-state index < -0.39 is 0 Å². The summed E-state index contributed by atoms with van der Waals surface area (Å²) in [5, 5.41) is 3.00. The van der Waals surface area contributed by atoms with Gasteiger partial charge in [0.15, 0.2) is 0 Å². The number of nitrogens with zero attached hydrogens (tertiary/aromatic N) is 1. The number of likely N-dealkylation sites (tertiary alicyclic amines) is 1. The molecular weight excluding hydrogens is 264 g/mol. The highest BCUT2D eigenvalue weighted by molar-refractivity contribution is 5.78. The molecule has 0 aromatic heterocycles. The number of ether oxygens (including phenoxy) is 1. The van der Waals surface area contributed by atoms with Gasteiger partial charge in [-0.25, -0.2) is 0 Å². The van der Waals surface area contributed by atoms with E-state index in [-0.39, 0.29) is 5.91 Å². The number of piperidine rings is 1. The van der Waals surface area contributed by atoms with E-state index in [2.05, 4.69) is 41.4 Å². The highest BCUT2D eigenvalue weighted by atomic mass is 16.5. The Morgan fingerprint density at radius 3 is 2.86 bits per heavy atom. The third-order valence-electron chi connectivity index (χ3n) is 3.98. The number of methoxy groups -OCH3 is 1. The number of rotatable bonds is 6. The molecule has 1 aliphatic heterocycles. The Hall–Kier alpha value is -1.39. The van der Waals surface area contributed by atoms with E-state index in [4.69, 9.17) is 4.74 Å². The SMILES string of the molecule is COCC1CCCN(CC(=O)NCc2ccc(C)cc2)C1. The molecule has 1 unspecified atom stereocenters. The molecule has 21 heavy (non-hydrogen) atoms. The zero-order valence-electron chi connectivity index (χ0n) is 13.1. The van der Waals surface area contributed by atoms with Crippen molar-refractivity contribution < 1.29 is 9.53 Å². The van der Waals surface area contributed by atoms with Crippen LogP contribution in [0.4, 0.5) is 0 Å². The number of carbonyl (C=O) groups excluding carboxylic acids is 1. The second-order valence-corrected chi connectivity index (χ2v) is 5.96. The summed E-state index contributed by atoms with van der Waals surface area (Å²) in [7, 11) is 1.74. The maximum atomic E-state index is 12.0. The maximum Gasteiger partial charge on any atom is 0.234 e. The molecule has 4 nitrogen and oxygen atoms in total. The van der Waals surface area contributed by atoms with E-state index in [0.29, 0.717) is 19.0 Å². The van der Waals surface area contributed by atoms with Crippen molar-refractivity contribution in [3.05, 3.63) is 35.4 Å². The minimum absolute atomic E-state index is 0.105. The summed E-state index contributed by atoms with van der Waals surface area (Å²) in [6.45, 7) is 5.93. The Morgan fingerprint density at radius 1 is 1.38 bits per heavy atom. The van der Waals surface area contributed by atoms with Gasteiger partial charge in [-0.2, -0.15) is 0 Å². The maximum absolute atomic E-state index is 12.0. The molecule has 4 heteroatoms. The van der Waals surface area contributed by atoms with Crippen LogP contribution in [0.3, 0.4) is 0 Å². The van der Waals surface area contributed by atoms with Gasteiger partial charge in [0.25, 0.3) is 0 Å². The molecule has 0 aliphatic carbocycles. The lowest BCUT2D eigenvalue weighted by atomic mass is 9.99. The first-order valence-corrected chi connectivity index (χ1v) is 7.71. The van der Waals surface area contributed by atoms with Gasteiger partial charge in [-0.15, -0.1) is 0 Å². The number of hydrogen-bond donors (Lipinski definition) is 1. The molecule has 0 spiro atoms. The monoisotopic (exact) mass is 290 g/mol. The number of hydrogen-bond acceptors (Lipinski definition) is 3. The first kappa shape index (κ1) is 16.0. The fraction of sp³-hybridized carbons (Fsp3) is 0.588. The predicted molar refractivity (Wildman–Crippen MR) is 84.1 cm³/mol. The molecule has 116 valence electrons. The third kappa shape index (κ3) is 5.48. The Kier molecular flexibility index (Phi) is 6.21. The van der Waals surface area contributed by atoms with E-state index in [1.54, 1.807) is 7.11 Å². The third-order valence-corrected chi connectivity index (χ3v) is 3.98. The van der Waals surface area contributed by atoms with Crippen LogP contribution in [-0.2, 0) is 16.1 Å². The molecule has 1 aromatic carbocycles. The topological polar surface area (TPSA) is 41.6 Å². The van der Waals surface area contributed by atoms with Gasteiger partial charge in [-0.3, -0.25) is 9.69 Å². The summed E-state index contributed by atoms with van der Waals surface area (Å²) in [5.74, 6) is 0.669. The van der Waals surface area contributed by atoms with Crippen LogP contribution in [0.2, 0.25) is 0 Å². The minimum atomic E-state index is 0.105. The Labute approximate surface area is 127 Å². The second-order valence-electron chi connectivity index (χ2n) is 5.96. The van der Waals surface area contributed by atoms with Gasteiger partial charge in [0.2, 0.25) is 5.91 Å². The fourth-order valence-corrected chi connectivity index (χ4v) is 2.83. The Balaban J connectivity index is 1.72. The lowest BCUT2D eigenvalue weighted by Crippen LogP contribution is -2.43. The first-order valence-electron chi connectivity index (χ1n) is 7.71. The molecule has 1 aromatic rings. The van der Waals surface area contributed by atoms with Crippen molar-refractivity contribution in [3.8, 4) is 0 Å². The van der Waals surface area contributed by atoms with Crippen LogP contribution in [-0.4, -0.2) is 44.2 Å². The summed E-state index contributed by atoms with van der Waals surface area (Å²) >= 11 is 0. The average molecular weight is 290 g/mol. The number of benzene rings is 1. The highest BCUT2D eigenvalue weighted by Crippen LogP contribution is 2.16. The largest absolute Gasteiger partial charge is 0.384 e. The van der Waals surface area contributed by atoms with Gasteiger partial charge in [0.1, 0.15) is 0 Å². The van der Waals surface area contributed by atoms with Crippen LogP contribution >= 0.6 is 0 Å². The summed E-state index contributed by atoms with van der Waals surface area (Å²) in [4.78, 5) is 14.3. The molecule has 1 aliphatic rings. The van der Waals surface area contributed by atoms with Crippen molar-refractivity contribution in [2.75, 3.05) is 33.4 Å². The van der Waals surface area contributed by atoms with Crippen molar-refractivity contribution in [2.24, 2.45) is 5.92 Å². The van der Waals surface area contributed by atoms with Gasteiger partial charge in [0.05, 0.1) is 13.2 Å². The van der Waals surface area contributed by atoms with Crippen LogP contribution in [0.15, 0.2) is 24.3 Å². The number of nitrogens with one attached hydrogen (secondary N) is 1. The Morgan fingerprint density at radius 2 is 2.14 bits per heavy atom.